The van der Waals surface area contributed by atoms with Crippen molar-refractivity contribution in [3.63, 3.8) is 0 Å². The second kappa shape index (κ2) is 13.1. The predicted octanol–water partition coefficient (Wildman–Crippen LogP) is 3.55. The molecule has 4 N–H and O–H groups in total. The quantitative estimate of drug-likeness (QED) is 0.266. The summed E-state index contributed by atoms with van der Waals surface area (Å²) in [6.07, 6.45) is 2.37. The topological polar surface area (TPSA) is 138 Å². The number of halogens is 3. The molecule has 3 atom stereocenters. The predicted molar refractivity (Wildman–Crippen MR) is 159 cm³/mol. The number of methoxy groups -OCH3 is 1. The van der Waals surface area contributed by atoms with Crippen molar-refractivity contribution in [2.75, 3.05) is 30.9 Å². The standard InChI is InChI=1S/C30H36F3N7O4/c1-15(34-5)27(41)39-25(30(2,3)4)29(43)40(28(42)19-8-7-11-35-19)21-12-16-20(13-22(21)44-6)36-14-37-26(16)38-18-10-9-17(31)23(32)24(18)33/h9-10,12-15,19,25,34-35H,7-8,11H2,1-6H3,(H,39,41)(H,36,37,38)/t15-,19-,25+/m0/s1. The summed E-state index contributed by atoms with van der Waals surface area (Å²) in [5.41, 5.74) is -0.910. The Balaban J connectivity index is 1.89. The van der Waals surface area contributed by atoms with Crippen molar-refractivity contribution in [1.29, 1.82) is 0 Å². The zero-order valence-electron chi connectivity index (χ0n) is 25.3. The largest absolute Gasteiger partial charge is 0.494 e. The molecular formula is C30H36F3N7O4. The maximum atomic E-state index is 14.6. The van der Waals surface area contributed by atoms with E-state index in [2.05, 4.69) is 31.2 Å². The van der Waals surface area contributed by atoms with Gasteiger partial charge in [-0.15, -0.1) is 0 Å². The van der Waals surface area contributed by atoms with Crippen LogP contribution in [-0.4, -0.2) is 66.5 Å². The number of fused-ring (bicyclic) bond motifs is 1. The van der Waals surface area contributed by atoms with Crippen molar-refractivity contribution < 1.29 is 32.3 Å². The highest BCUT2D eigenvalue weighted by molar-refractivity contribution is 6.20. The summed E-state index contributed by atoms with van der Waals surface area (Å²) >= 11 is 0. The van der Waals surface area contributed by atoms with Gasteiger partial charge in [0, 0.05) is 11.5 Å². The molecule has 1 saturated heterocycles. The van der Waals surface area contributed by atoms with Gasteiger partial charge in [-0.05, 0) is 57.0 Å². The maximum absolute atomic E-state index is 14.6. The molecule has 0 radical (unpaired) electrons. The van der Waals surface area contributed by atoms with Crippen LogP contribution in [0.25, 0.3) is 10.9 Å². The molecule has 11 nitrogen and oxygen atoms in total. The molecule has 0 bridgehead atoms. The van der Waals surface area contributed by atoms with E-state index in [9.17, 15) is 27.6 Å². The van der Waals surface area contributed by atoms with Gasteiger partial charge >= 0.3 is 0 Å². The lowest BCUT2D eigenvalue weighted by atomic mass is 9.85. The summed E-state index contributed by atoms with van der Waals surface area (Å²) in [6.45, 7) is 7.51. The number of benzene rings is 2. The Morgan fingerprint density at radius 1 is 1.11 bits per heavy atom. The Labute approximate surface area is 252 Å². The van der Waals surface area contributed by atoms with Crippen molar-refractivity contribution in [2.24, 2.45) is 5.41 Å². The van der Waals surface area contributed by atoms with Gasteiger partial charge < -0.3 is 26.0 Å². The summed E-state index contributed by atoms with van der Waals surface area (Å²) in [6, 6.07) is 2.23. The Kier molecular flexibility index (Phi) is 9.74. The Morgan fingerprint density at radius 3 is 2.45 bits per heavy atom. The molecule has 236 valence electrons. The third-order valence-corrected chi connectivity index (χ3v) is 7.49. The van der Waals surface area contributed by atoms with Crippen molar-refractivity contribution >= 4 is 45.8 Å². The lowest BCUT2D eigenvalue weighted by Crippen LogP contribution is -2.60. The monoisotopic (exact) mass is 615 g/mol. The lowest BCUT2D eigenvalue weighted by molar-refractivity contribution is -0.134. The molecule has 1 aromatic heterocycles. The number of carbonyl (C=O) groups is 3. The SMILES string of the molecule is CN[C@@H](C)C(=O)N[C@H](C(=O)N(C(=O)[C@@H]1CCCN1)c1cc2c(Nc3ccc(F)c(F)c3F)ncnc2cc1OC)C(C)(C)C. The third-order valence-electron chi connectivity index (χ3n) is 7.49. The number of likely N-dealkylation sites (N-methyl/N-ethyl adjacent to an activating group) is 1. The Hall–Kier alpha value is -4.30. The van der Waals surface area contributed by atoms with Crippen LogP contribution in [0.5, 0.6) is 5.75 Å². The van der Waals surface area contributed by atoms with Gasteiger partial charge in [0.25, 0.3) is 11.8 Å². The molecule has 0 aliphatic carbocycles. The van der Waals surface area contributed by atoms with Crippen molar-refractivity contribution in [3.8, 4) is 5.75 Å². The number of hydrogen-bond donors (Lipinski definition) is 4. The van der Waals surface area contributed by atoms with Crippen LogP contribution in [0.3, 0.4) is 0 Å². The average Bonchev–Trinajstić information content (AvgIpc) is 3.54. The molecule has 14 heteroatoms. The van der Waals surface area contributed by atoms with E-state index in [1.165, 1.54) is 25.6 Å². The number of anilines is 3. The average molecular weight is 616 g/mol. The number of ether oxygens (including phenoxy) is 1. The van der Waals surface area contributed by atoms with E-state index in [1.807, 2.05) is 0 Å². The number of aromatic nitrogens is 2. The fourth-order valence-corrected chi connectivity index (χ4v) is 4.83. The highest BCUT2D eigenvalue weighted by atomic mass is 19.2. The molecule has 1 aliphatic heterocycles. The first-order valence-corrected chi connectivity index (χ1v) is 14.1. The lowest BCUT2D eigenvalue weighted by Gasteiger charge is -2.36. The second-order valence-corrected chi connectivity index (χ2v) is 11.6. The summed E-state index contributed by atoms with van der Waals surface area (Å²) in [4.78, 5) is 50.8. The number of nitrogens with zero attached hydrogens (tertiary/aromatic N) is 3. The molecule has 0 saturated carbocycles. The van der Waals surface area contributed by atoms with E-state index in [0.29, 0.717) is 19.4 Å². The third kappa shape index (κ3) is 6.60. The molecule has 3 amide bonds. The molecule has 44 heavy (non-hydrogen) atoms. The number of hydrogen-bond acceptors (Lipinski definition) is 9. The minimum Gasteiger partial charge on any atom is -0.494 e. The van der Waals surface area contributed by atoms with Gasteiger partial charge in [0.2, 0.25) is 5.91 Å². The molecule has 2 aromatic carbocycles. The minimum atomic E-state index is -1.66. The minimum absolute atomic E-state index is 0.00818. The highest BCUT2D eigenvalue weighted by Crippen LogP contribution is 2.38. The van der Waals surface area contributed by atoms with E-state index in [0.717, 1.165) is 17.0 Å². The number of imide groups is 1. The Morgan fingerprint density at radius 2 is 1.84 bits per heavy atom. The number of rotatable bonds is 9. The zero-order chi connectivity index (χ0) is 32.3. The first-order chi connectivity index (χ1) is 20.8. The van der Waals surface area contributed by atoms with E-state index < -0.39 is 64.4 Å². The van der Waals surface area contributed by atoms with E-state index in [-0.39, 0.29) is 28.2 Å². The number of amides is 3. The van der Waals surface area contributed by atoms with E-state index in [4.69, 9.17) is 4.74 Å². The molecule has 0 spiro atoms. The molecule has 1 fully saturated rings. The van der Waals surface area contributed by atoms with Crippen LogP contribution in [0, 0.1) is 22.9 Å². The Bertz CT molecular complexity index is 1570. The number of carbonyl (C=O) groups excluding carboxylic acids is 3. The first kappa shape index (κ1) is 32.6. The molecule has 4 rings (SSSR count). The van der Waals surface area contributed by atoms with E-state index >= 15 is 0 Å². The van der Waals surface area contributed by atoms with Crippen molar-refractivity contribution in [3.05, 3.63) is 48.0 Å². The van der Waals surface area contributed by atoms with Crippen LogP contribution in [0.4, 0.5) is 30.4 Å². The summed E-state index contributed by atoms with van der Waals surface area (Å²) in [5, 5.41) is 11.6. The van der Waals surface area contributed by atoms with Crippen LogP contribution in [-0.2, 0) is 14.4 Å². The molecule has 0 unspecified atom stereocenters. The van der Waals surface area contributed by atoms with E-state index in [1.54, 1.807) is 34.7 Å². The summed E-state index contributed by atoms with van der Waals surface area (Å²) in [5.74, 6) is -6.07. The fourth-order valence-electron chi connectivity index (χ4n) is 4.83. The highest BCUT2D eigenvalue weighted by Gasteiger charge is 2.42. The second-order valence-electron chi connectivity index (χ2n) is 11.6. The van der Waals surface area contributed by atoms with Gasteiger partial charge in [-0.25, -0.2) is 28.0 Å². The number of nitrogens with one attached hydrogen (secondary N) is 4. The van der Waals surface area contributed by atoms with Gasteiger partial charge in [0.15, 0.2) is 17.5 Å². The van der Waals surface area contributed by atoms with Gasteiger partial charge in [-0.3, -0.25) is 14.4 Å². The van der Waals surface area contributed by atoms with Crippen molar-refractivity contribution in [2.45, 2.75) is 58.7 Å². The van der Waals surface area contributed by atoms with Crippen LogP contribution in [0.2, 0.25) is 0 Å². The molecular weight excluding hydrogens is 579 g/mol. The van der Waals surface area contributed by atoms with Crippen LogP contribution in [0.1, 0.15) is 40.5 Å². The maximum Gasteiger partial charge on any atom is 0.257 e. The van der Waals surface area contributed by atoms with Gasteiger partial charge in [-0.1, -0.05) is 20.8 Å². The van der Waals surface area contributed by atoms with Gasteiger partial charge in [0.1, 0.15) is 23.9 Å². The summed E-state index contributed by atoms with van der Waals surface area (Å²) in [7, 11) is 2.97. The molecule has 2 heterocycles. The van der Waals surface area contributed by atoms with Crippen LogP contribution >= 0.6 is 0 Å². The fraction of sp³-hybridized carbons (Fsp3) is 0.433. The summed E-state index contributed by atoms with van der Waals surface area (Å²) < 4.78 is 47.7. The first-order valence-electron chi connectivity index (χ1n) is 14.1. The smallest absolute Gasteiger partial charge is 0.257 e. The normalized spacial score (nSPS) is 16.3. The van der Waals surface area contributed by atoms with Gasteiger partial charge in [0.05, 0.1) is 36.1 Å². The molecule has 3 aromatic rings. The molecule has 1 aliphatic rings. The van der Waals surface area contributed by atoms with Crippen molar-refractivity contribution in [1.82, 2.24) is 25.9 Å². The van der Waals surface area contributed by atoms with Gasteiger partial charge in [-0.2, -0.15) is 0 Å². The van der Waals surface area contributed by atoms with Crippen LogP contribution < -0.4 is 30.9 Å². The van der Waals surface area contributed by atoms with Crippen LogP contribution in [0.15, 0.2) is 30.6 Å². The zero-order valence-corrected chi connectivity index (χ0v) is 25.3.